The summed E-state index contributed by atoms with van der Waals surface area (Å²) in [7, 11) is 2.03. The number of aryl methyl sites for hydroxylation is 1. The molecule has 0 spiro atoms. The van der Waals surface area contributed by atoms with Gasteiger partial charge in [-0.05, 0) is 46.0 Å². The minimum atomic E-state index is 0. The maximum Gasteiger partial charge on any atom is 0.0998 e. The zero-order valence-corrected chi connectivity index (χ0v) is 21.6. The fourth-order valence-electron chi connectivity index (χ4n) is 4.56. The van der Waals surface area contributed by atoms with Crippen molar-refractivity contribution in [2.24, 2.45) is 7.05 Å². The van der Waals surface area contributed by atoms with Gasteiger partial charge in [0.05, 0.1) is 29.7 Å². The van der Waals surface area contributed by atoms with Crippen molar-refractivity contribution in [3.8, 4) is 17.2 Å². The van der Waals surface area contributed by atoms with Crippen LogP contribution in [0.5, 0.6) is 0 Å². The molecule has 36 heavy (non-hydrogen) atoms. The Kier molecular flexibility index (Phi) is 9.27. The van der Waals surface area contributed by atoms with Crippen LogP contribution in [0.1, 0.15) is 28.4 Å². The Morgan fingerprint density at radius 1 is 0.861 bits per heavy atom. The van der Waals surface area contributed by atoms with E-state index in [1.54, 1.807) is 0 Å². The first-order valence-corrected chi connectivity index (χ1v) is 11.5. The molecule has 0 aliphatic rings. The van der Waals surface area contributed by atoms with Crippen LogP contribution in [0.15, 0.2) is 104 Å². The number of nitriles is 1. The quantitative estimate of drug-likeness (QED) is 0.253. The van der Waals surface area contributed by atoms with Crippen LogP contribution in [-0.4, -0.2) is 9.55 Å². The molecule has 5 aromatic rings. The number of halogens is 2. The number of imidazole rings is 1. The van der Waals surface area contributed by atoms with Crippen molar-refractivity contribution in [1.29, 1.82) is 5.26 Å². The summed E-state index contributed by atoms with van der Waals surface area (Å²) >= 11 is 0. The lowest BCUT2D eigenvalue weighted by Gasteiger charge is -2.20. The average Bonchev–Trinajstić information content (AvgIpc) is 3.32. The smallest absolute Gasteiger partial charge is 0.0998 e. The van der Waals surface area contributed by atoms with Crippen molar-refractivity contribution in [2.75, 3.05) is 0 Å². The summed E-state index contributed by atoms with van der Waals surface area (Å²) in [4.78, 5) is 4.33. The molecule has 1 heterocycles. The number of nitrogens with one attached hydrogen (secondary N) is 1. The summed E-state index contributed by atoms with van der Waals surface area (Å²) in [6.07, 6.45) is 4.64. The van der Waals surface area contributed by atoms with E-state index >= 15 is 0 Å². The van der Waals surface area contributed by atoms with Crippen LogP contribution >= 0.6 is 24.8 Å². The number of rotatable bonds is 7. The first-order valence-electron chi connectivity index (χ1n) is 11.5. The highest BCUT2D eigenvalue weighted by Gasteiger charge is 2.16. The van der Waals surface area contributed by atoms with E-state index in [1.807, 2.05) is 49.9 Å². The Hall–Kier alpha value is -3.62. The van der Waals surface area contributed by atoms with Gasteiger partial charge in [-0.3, -0.25) is 0 Å². The molecule has 0 amide bonds. The molecule has 1 unspecified atom stereocenters. The van der Waals surface area contributed by atoms with Gasteiger partial charge in [0.1, 0.15) is 0 Å². The molecule has 1 atom stereocenters. The van der Waals surface area contributed by atoms with Gasteiger partial charge in [0.15, 0.2) is 0 Å². The second-order valence-corrected chi connectivity index (χ2v) is 8.57. The van der Waals surface area contributed by atoms with Crippen molar-refractivity contribution in [3.05, 3.63) is 126 Å². The Morgan fingerprint density at radius 3 is 2.36 bits per heavy atom. The standard InChI is InChI=1S/C30H26N4.2ClH/c1-34-21-32-20-30(34)29(17-22-8-3-2-4-9-22)33-19-23-14-15-25(18-31)28(16-23)27-13-7-11-24-10-5-6-12-26(24)27;;/h2-16,20-21,29,33H,17,19H2,1H3;2*1H. The zero-order valence-electron chi connectivity index (χ0n) is 20.0. The highest BCUT2D eigenvalue weighted by molar-refractivity contribution is 5.97. The van der Waals surface area contributed by atoms with Crippen molar-refractivity contribution in [2.45, 2.75) is 19.0 Å². The van der Waals surface area contributed by atoms with Crippen LogP contribution < -0.4 is 5.32 Å². The molecule has 6 heteroatoms. The largest absolute Gasteiger partial charge is 0.336 e. The van der Waals surface area contributed by atoms with E-state index in [0.29, 0.717) is 12.1 Å². The van der Waals surface area contributed by atoms with Gasteiger partial charge in [-0.15, -0.1) is 24.8 Å². The molecule has 4 aromatic carbocycles. The van der Waals surface area contributed by atoms with E-state index < -0.39 is 0 Å². The summed E-state index contributed by atoms with van der Waals surface area (Å²) in [5, 5.41) is 15.9. The molecular formula is C30H28Cl2N4. The van der Waals surface area contributed by atoms with Crippen molar-refractivity contribution in [1.82, 2.24) is 14.9 Å². The van der Waals surface area contributed by atoms with Gasteiger partial charge < -0.3 is 9.88 Å². The normalized spacial score (nSPS) is 11.2. The topological polar surface area (TPSA) is 53.6 Å². The number of benzene rings is 4. The SMILES string of the molecule is Cl.Cl.Cn1cncc1C(Cc1ccccc1)NCc1ccc(C#N)c(-c2cccc3ccccc23)c1. The molecule has 0 saturated carbocycles. The van der Waals surface area contributed by atoms with Crippen molar-refractivity contribution in [3.63, 3.8) is 0 Å². The van der Waals surface area contributed by atoms with Crippen LogP contribution in [0.3, 0.4) is 0 Å². The molecule has 1 aromatic heterocycles. The van der Waals surface area contributed by atoms with Crippen molar-refractivity contribution < 1.29 is 0 Å². The van der Waals surface area contributed by atoms with Gasteiger partial charge in [0.2, 0.25) is 0 Å². The molecule has 0 aliphatic heterocycles. The minimum absolute atomic E-state index is 0. The maximum atomic E-state index is 9.81. The molecule has 0 fully saturated rings. The monoisotopic (exact) mass is 514 g/mol. The number of hydrogen-bond acceptors (Lipinski definition) is 3. The predicted molar refractivity (Wildman–Crippen MR) is 152 cm³/mol. The minimum Gasteiger partial charge on any atom is -0.336 e. The lowest BCUT2D eigenvalue weighted by Crippen LogP contribution is -2.25. The fraction of sp³-hybridized carbons (Fsp3) is 0.133. The molecule has 5 rings (SSSR count). The third-order valence-electron chi connectivity index (χ3n) is 6.33. The lowest BCUT2D eigenvalue weighted by molar-refractivity contribution is 0.504. The number of aromatic nitrogens is 2. The van der Waals surface area contributed by atoms with Crippen LogP contribution in [0.25, 0.3) is 21.9 Å². The van der Waals surface area contributed by atoms with E-state index in [2.05, 4.69) is 81.6 Å². The van der Waals surface area contributed by atoms with Crippen LogP contribution in [0.2, 0.25) is 0 Å². The van der Waals surface area contributed by atoms with E-state index in [-0.39, 0.29) is 30.9 Å². The van der Waals surface area contributed by atoms with Crippen molar-refractivity contribution >= 4 is 35.6 Å². The molecule has 182 valence electrons. The highest BCUT2D eigenvalue weighted by Crippen LogP contribution is 2.32. The van der Waals surface area contributed by atoms with Crippen LogP contribution in [0, 0.1) is 11.3 Å². The lowest BCUT2D eigenvalue weighted by atomic mass is 9.93. The van der Waals surface area contributed by atoms with Gasteiger partial charge in [0, 0.05) is 25.4 Å². The Balaban J connectivity index is 0.00000180. The van der Waals surface area contributed by atoms with E-state index in [1.165, 1.54) is 10.9 Å². The third kappa shape index (κ3) is 5.78. The highest BCUT2D eigenvalue weighted by atomic mass is 35.5. The molecule has 4 nitrogen and oxygen atoms in total. The number of nitrogens with zero attached hydrogens (tertiary/aromatic N) is 3. The first kappa shape index (κ1) is 27.0. The molecular weight excluding hydrogens is 487 g/mol. The number of hydrogen-bond donors (Lipinski definition) is 1. The molecule has 0 saturated heterocycles. The van der Waals surface area contributed by atoms with E-state index in [4.69, 9.17) is 0 Å². The van der Waals surface area contributed by atoms with E-state index in [9.17, 15) is 5.26 Å². The maximum absolute atomic E-state index is 9.81. The van der Waals surface area contributed by atoms with Gasteiger partial charge in [0.25, 0.3) is 0 Å². The zero-order chi connectivity index (χ0) is 23.3. The van der Waals surface area contributed by atoms with Crippen LogP contribution in [-0.2, 0) is 20.0 Å². The van der Waals surface area contributed by atoms with Gasteiger partial charge in [-0.1, -0.05) is 78.9 Å². The summed E-state index contributed by atoms with van der Waals surface area (Å²) in [5.74, 6) is 0. The van der Waals surface area contributed by atoms with Crippen LogP contribution in [0.4, 0.5) is 0 Å². The molecule has 0 aliphatic carbocycles. The fourth-order valence-corrected chi connectivity index (χ4v) is 4.56. The second-order valence-electron chi connectivity index (χ2n) is 8.57. The number of fused-ring (bicyclic) bond motifs is 1. The summed E-state index contributed by atoms with van der Waals surface area (Å²) < 4.78 is 2.07. The molecule has 1 N–H and O–H groups in total. The Morgan fingerprint density at radius 2 is 1.61 bits per heavy atom. The van der Waals surface area contributed by atoms with Gasteiger partial charge in [-0.25, -0.2) is 4.98 Å². The second kappa shape index (κ2) is 12.4. The van der Waals surface area contributed by atoms with Gasteiger partial charge in [-0.2, -0.15) is 5.26 Å². The average molecular weight is 515 g/mol. The summed E-state index contributed by atoms with van der Waals surface area (Å²) in [5.41, 5.74) is 6.31. The van der Waals surface area contributed by atoms with Gasteiger partial charge >= 0.3 is 0 Å². The first-order chi connectivity index (χ1) is 16.7. The predicted octanol–water partition coefficient (Wildman–Crippen LogP) is 7.03. The Labute approximate surface area is 224 Å². The summed E-state index contributed by atoms with van der Waals surface area (Å²) in [6.45, 7) is 0.687. The summed E-state index contributed by atoms with van der Waals surface area (Å²) in [6, 6.07) is 33.7. The third-order valence-corrected chi connectivity index (χ3v) is 6.33. The molecule has 0 bridgehead atoms. The molecule has 0 radical (unpaired) electrons. The Bertz CT molecular complexity index is 1470. The van der Waals surface area contributed by atoms with E-state index in [0.717, 1.165) is 34.2 Å².